The Labute approximate surface area is 184 Å². The number of nitrogens with one attached hydrogen (secondary N) is 1. The Kier molecular flexibility index (Phi) is 8.79. The lowest BCUT2D eigenvalue weighted by Crippen LogP contribution is -2.52. The van der Waals surface area contributed by atoms with Crippen molar-refractivity contribution in [1.29, 1.82) is 0 Å². The molecule has 6 heteroatoms. The zero-order valence-corrected chi connectivity index (χ0v) is 19.0. The Morgan fingerprint density at radius 3 is 2.32 bits per heavy atom. The number of imide groups is 1. The Morgan fingerprint density at radius 1 is 1.00 bits per heavy atom. The molecule has 0 spiro atoms. The first-order chi connectivity index (χ1) is 15.0. The number of nitrogens with zero attached hydrogens (tertiary/aromatic N) is 1. The minimum Gasteiger partial charge on any atom is -0.489 e. The van der Waals surface area contributed by atoms with Crippen LogP contribution in [0.25, 0.3) is 0 Å². The number of hydrogen-bond acceptors (Lipinski definition) is 4. The topological polar surface area (TPSA) is 75.7 Å². The van der Waals surface area contributed by atoms with E-state index in [1.165, 1.54) is 10.5 Å². The minimum atomic E-state index is -0.618. The normalized spacial score (nSPS) is 17.0. The van der Waals surface area contributed by atoms with E-state index in [1.54, 1.807) is 12.1 Å². The highest BCUT2D eigenvalue weighted by molar-refractivity contribution is 6.05. The lowest BCUT2D eigenvalue weighted by molar-refractivity contribution is -0.136. The first-order valence-corrected chi connectivity index (χ1v) is 11.0. The van der Waals surface area contributed by atoms with E-state index in [4.69, 9.17) is 4.74 Å². The van der Waals surface area contributed by atoms with Gasteiger partial charge in [-0.25, -0.2) is 0 Å². The van der Waals surface area contributed by atoms with Gasteiger partial charge in [0.2, 0.25) is 11.8 Å². The molecular formula is C25H32N2O4. The maximum absolute atomic E-state index is 12.8. The molecule has 2 aromatic rings. The summed E-state index contributed by atoms with van der Waals surface area (Å²) in [7, 11) is 0. The van der Waals surface area contributed by atoms with Crippen molar-refractivity contribution in [3.05, 3.63) is 64.7 Å². The van der Waals surface area contributed by atoms with E-state index in [2.05, 4.69) is 5.32 Å². The SMILES string of the molecule is CC.CC.Cc1ccc(COc2cccc3c2CN(C2CCC(=O)NC2=O)C3=O)cc1. The van der Waals surface area contributed by atoms with Crippen LogP contribution in [-0.2, 0) is 22.7 Å². The molecule has 0 aliphatic carbocycles. The summed E-state index contributed by atoms with van der Waals surface area (Å²) < 4.78 is 5.97. The molecule has 2 aliphatic rings. The summed E-state index contributed by atoms with van der Waals surface area (Å²) >= 11 is 0. The van der Waals surface area contributed by atoms with Gasteiger partial charge in [-0.1, -0.05) is 63.6 Å². The molecule has 1 atom stereocenters. The molecule has 3 amide bonds. The van der Waals surface area contributed by atoms with Crippen LogP contribution in [-0.4, -0.2) is 28.7 Å². The van der Waals surface area contributed by atoms with Crippen molar-refractivity contribution in [3.63, 3.8) is 0 Å². The van der Waals surface area contributed by atoms with Crippen molar-refractivity contribution >= 4 is 17.7 Å². The summed E-state index contributed by atoms with van der Waals surface area (Å²) in [5.41, 5.74) is 3.58. The van der Waals surface area contributed by atoms with Gasteiger partial charge in [0.25, 0.3) is 5.91 Å². The number of piperidine rings is 1. The molecule has 6 nitrogen and oxygen atoms in total. The van der Waals surface area contributed by atoms with Crippen LogP contribution in [0.3, 0.4) is 0 Å². The zero-order valence-electron chi connectivity index (χ0n) is 19.0. The average molecular weight is 425 g/mol. The van der Waals surface area contributed by atoms with E-state index in [-0.39, 0.29) is 18.2 Å². The fourth-order valence-electron chi connectivity index (χ4n) is 3.54. The van der Waals surface area contributed by atoms with E-state index in [1.807, 2.05) is 65.0 Å². The van der Waals surface area contributed by atoms with Crippen molar-refractivity contribution in [2.45, 2.75) is 66.7 Å². The third kappa shape index (κ3) is 5.51. The van der Waals surface area contributed by atoms with Crippen LogP contribution >= 0.6 is 0 Å². The van der Waals surface area contributed by atoms with Crippen LogP contribution in [0.4, 0.5) is 0 Å². The number of carbonyl (C=O) groups is 3. The van der Waals surface area contributed by atoms with Gasteiger partial charge in [0, 0.05) is 17.5 Å². The van der Waals surface area contributed by atoms with Crippen molar-refractivity contribution in [2.75, 3.05) is 0 Å². The Morgan fingerprint density at radius 2 is 1.68 bits per heavy atom. The summed E-state index contributed by atoms with van der Waals surface area (Å²) in [6.07, 6.45) is 0.595. The molecule has 1 N–H and O–H groups in total. The van der Waals surface area contributed by atoms with Crippen molar-refractivity contribution in [3.8, 4) is 5.75 Å². The molecule has 2 heterocycles. The highest BCUT2D eigenvalue weighted by Crippen LogP contribution is 2.33. The first kappa shape index (κ1) is 24.1. The van der Waals surface area contributed by atoms with E-state index < -0.39 is 11.9 Å². The van der Waals surface area contributed by atoms with Gasteiger partial charge in [0.15, 0.2) is 0 Å². The fraction of sp³-hybridized carbons (Fsp3) is 0.400. The number of rotatable bonds is 4. The number of fused-ring (bicyclic) bond motifs is 1. The molecule has 0 radical (unpaired) electrons. The zero-order chi connectivity index (χ0) is 23.0. The van der Waals surface area contributed by atoms with Gasteiger partial charge in [-0.15, -0.1) is 0 Å². The summed E-state index contributed by atoms with van der Waals surface area (Å²) in [6.45, 7) is 10.7. The molecule has 2 aliphatic heterocycles. The second-order valence-electron chi connectivity index (χ2n) is 6.96. The molecular weight excluding hydrogens is 392 g/mol. The lowest BCUT2D eigenvalue weighted by atomic mass is 10.0. The number of carbonyl (C=O) groups excluding carboxylic acids is 3. The van der Waals surface area contributed by atoms with Crippen molar-refractivity contribution in [1.82, 2.24) is 10.2 Å². The van der Waals surface area contributed by atoms with E-state index in [0.29, 0.717) is 30.9 Å². The Bertz CT molecular complexity index is 922. The molecule has 2 aromatic carbocycles. The second-order valence-corrected chi connectivity index (χ2v) is 6.96. The molecule has 0 aromatic heterocycles. The summed E-state index contributed by atoms with van der Waals surface area (Å²) in [5, 5.41) is 2.32. The van der Waals surface area contributed by atoms with Crippen LogP contribution in [0.5, 0.6) is 5.75 Å². The quantitative estimate of drug-likeness (QED) is 0.739. The molecule has 0 saturated carbocycles. The lowest BCUT2D eigenvalue weighted by Gasteiger charge is -2.29. The molecule has 4 rings (SSSR count). The summed E-state index contributed by atoms with van der Waals surface area (Å²) in [5.74, 6) is -0.242. The molecule has 31 heavy (non-hydrogen) atoms. The molecule has 1 saturated heterocycles. The number of amides is 3. The molecule has 0 bridgehead atoms. The van der Waals surface area contributed by atoms with Crippen LogP contribution in [0.2, 0.25) is 0 Å². The van der Waals surface area contributed by atoms with Gasteiger partial charge in [0.05, 0.1) is 6.54 Å². The van der Waals surface area contributed by atoms with Gasteiger partial charge in [-0.2, -0.15) is 0 Å². The van der Waals surface area contributed by atoms with Gasteiger partial charge < -0.3 is 9.64 Å². The molecule has 1 fully saturated rings. The van der Waals surface area contributed by atoms with Crippen LogP contribution in [0.15, 0.2) is 42.5 Å². The predicted octanol–water partition coefficient (Wildman–Crippen LogP) is 4.39. The number of aryl methyl sites for hydroxylation is 1. The first-order valence-electron chi connectivity index (χ1n) is 11.0. The number of hydrogen-bond donors (Lipinski definition) is 1. The monoisotopic (exact) mass is 424 g/mol. The maximum Gasteiger partial charge on any atom is 0.255 e. The van der Waals surface area contributed by atoms with Gasteiger partial charge in [-0.3, -0.25) is 19.7 Å². The van der Waals surface area contributed by atoms with E-state index in [9.17, 15) is 14.4 Å². The van der Waals surface area contributed by atoms with Crippen LogP contribution in [0, 0.1) is 6.92 Å². The summed E-state index contributed by atoms with van der Waals surface area (Å²) in [4.78, 5) is 37.9. The smallest absolute Gasteiger partial charge is 0.255 e. The number of ether oxygens (including phenoxy) is 1. The van der Waals surface area contributed by atoms with E-state index in [0.717, 1.165) is 11.1 Å². The Hall–Kier alpha value is -3.15. The van der Waals surface area contributed by atoms with Crippen LogP contribution < -0.4 is 10.1 Å². The highest BCUT2D eigenvalue weighted by atomic mass is 16.5. The van der Waals surface area contributed by atoms with Crippen molar-refractivity contribution in [2.24, 2.45) is 0 Å². The summed E-state index contributed by atoms with van der Waals surface area (Å²) in [6, 6.07) is 12.8. The fourth-order valence-corrected chi connectivity index (χ4v) is 3.54. The van der Waals surface area contributed by atoms with Gasteiger partial charge in [-0.05, 0) is 31.0 Å². The van der Waals surface area contributed by atoms with Gasteiger partial charge >= 0.3 is 0 Å². The van der Waals surface area contributed by atoms with Gasteiger partial charge in [0.1, 0.15) is 18.4 Å². The second kappa shape index (κ2) is 11.3. The third-order valence-electron chi connectivity index (χ3n) is 5.05. The molecule has 1 unspecified atom stereocenters. The number of benzene rings is 2. The van der Waals surface area contributed by atoms with E-state index >= 15 is 0 Å². The standard InChI is InChI=1S/C21H20N2O4.2C2H6/c1-13-5-7-14(8-6-13)12-27-18-4-2-3-15-16(18)11-23(21(15)26)17-9-10-19(24)22-20(17)25;2*1-2/h2-8,17H,9-12H2,1H3,(H,22,24,25);2*1-2H3. The maximum atomic E-state index is 12.8. The largest absolute Gasteiger partial charge is 0.489 e. The third-order valence-corrected chi connectivity index (χ3v) is 5.05. The molecule has 166 valence electrons. The van der Waals surface area contributed by atoms with Crippen molar-refractivity contribution < 1.29 is 19.1 Å². The van der Waals surface area contributed by atoms with Crippen LogP contribution in [0.1, 0.15) is 67.6 Å². The average Bonchev–Trinajstić information content (AvgIpc) is 3.13. The highest BCUT2D eigenvalue weighted by Gasteiger charge is 2.40. The minimum absolute atomic E-state index is 0.194. The predicted molar refractivity (Wildman–Crippen MR) is 121 cm³/mol. The Balaban J connectivity index is 0.000000807.